The molecule has 1 aromatic rings. The van der Waals surface area contributed by atoms with E-state index in [2.05, 4.69) is 4.98 Å². The molecule has 0 amide bonds. The molecule has 1 aromatic heterocycles. The first kappa shape index (κ1) is 10.8. The van der Waals surface area contributed by atoms with E-state index in [1.807, 2.05) is 13.1 Å². The van der Waals surface area contributed by atoms with Crippen LogP contribution in [0.2, 0.25) is 0 Å². The number of nitrogens with two attached hydrogens (primary N) is 1. The van der Waals surface area contributed by atoms with Crippen LogP contribution in [0, 0.1) is 0 Å². The van der Waals surface area contributed by atoms with Crippen molar-refractivity contribution in [1.29, 1.82) is 0 Å². The number of carboxylic acids is 1. The van der Waals surface area contributed by atoms with Crippen LogP contribution in [0.4, 0.5) is 0 Å². The fourth-order valence-corrected chi connectivity index (χ4v) is 1.63. The van der Waals surface area contributed by atoms with E-state index in [0.29, 0.717) is 13.0 Å². The van der Waals surface area contributed by atoms with Gasteiger partial charge in [-0.1, -0.05) is 6.92 Å². The summed E-state index contributed by atoms with van der Waals surface area (Å²) < 4.78 is 0. The number of H-pyrrole nitrogens is 1. The minimum Gasteiger partial charge on any atom is -0.481 e. The number of nitrogens with one attached hydrogen (secondary N) is 1. The number of carbonyl (C=O) groups is 1. The highest BCUT2D eigenvalue weighted by Gasteiger charge is 2.09. The van der Waals surface area contributed by atoms with Crippen molar-refractivity contribution < 1.29 is 9.90 Å². The zero-order chi connectivity index (χ0) is 10.6. The zero-order valence-electron chi connectivity index (χ0n) is 8.34. The van der Waals surface area contributed by atoms with Crippen LogP contribution in [-0.4, -0.2) is 16.1 Å². The third-order valence-corrected chi connectivity index (χ3v) is 2.34. The average molecular weight is 196 g/mol. The SMILES string of the molecule is CCc1c(CCC(=O)O)c[nH]c1CN. The van der Waals surface area contributed by atoms with Crippen LogP contribution in [0.25, 0.3) is 0 Å². The summed E-state index contributed by atoms with van der Waals surface area (Å²) in [6, 6.07) is 0. The maximum atomic E-state index is 10.4. The molecule has 0 radical (unpaired) electrons. The number of rotatable bonds is 5. The van der Waals surface area contributed by atoms with E-state index in [9.17, 15) is 4.79 Å². The van der Waals surface area contributed by atoms with Crippen LogP contribution >= 0.6 is 0 Å². The van der Waals surface area contributed by atoms with Crippen molar-refractivity contribution >= 4 is 5.97 Å². The normalized spacial score (nSPS) is 10.4. The summed E-state index contributed by atoms with van der Waals surface area (Å²) in [7, 11) is 0. The van der Waals surface area contributed by atoms with E-state index in [4.69, 9.17) is 10.8 Å². The highest BCUT2D eigenvalue weighted by atomic mass is 16.4. The summed E-state index contributed by atoms with van der Waals surface area (Å²) in [5.41, 5.74) is 8.82. The van der Waals surface area contributed by atoms with Crippen molar-refractivity contribution in [3.8, 4) is 0 Å². The van der Waals surface area contributed by atoms with Crippen molar-refractivity contribution in [3.63, 3.8) is 0 Å². The van der Waals surface area contributed by atoms with E-state index in [0.717, 1.165) is 17.7 Å². The monoisotopic (exact) mass is 196 g/mol. The Bertz CT molecular complexity index is 318. The second kappa shape index (κ2) is 4.81. The van der Waals surface area contributed by atoms with Gasteiger partial charge in [-0.2, -0.15) is 0 Å². The van der Waals surface area contributed by atoms with E-state index in [1.54, 1.807) is 0 Å². The molecular formula is C10H16N2O2. The van der Waals surface area contributed by atoms with Crippen molar-refractivity contribution in [2.75, 3.05) is 0 Å². The molecule has 14 heavy (non-hydrogen) atoms. The van der Waals surface area contributed by atoms with Gasteiger partial charge in [0.15, 0.2) is 0 Å². The van der Waals surface area contributed by atoms with Crippen LogP contribution in [0.5, 0.6) is 0 Å². The molecule has 0 unspecified atom stereocenters. The summed E-state index contributed by atoms with van der Waals surface area (Å²) >= 11 is 0. The van der Waals surface area contributed by atoms with Gasteiger partial charge in [0.25, 0.3) is 0 Å². The number of aryl methyl sites for hydroxylation is 1. The first-order valence-corrected chi connectivity index (χ1v) is 4.78. The molecule has 4 nitrogen and oxygen atoms in total. The molecule has 0 aliphatic carbocycles. The predicted molar refractivity (Wildman–Crippen MR) is 54.0 cm³/mol. The Labute approximate surface area is 83.1 Å². The lowest BCUT2D eigenvalue weighted by atomic mass is 10.0. The van der Waals surface area contributed by atoms with Crippen molar-refractivity contribution in [1.82, 2.24) is 4.98 Å². The Morgan fingerprint density at radius 3 is 2.86 bits per heavy atom. The number of hydrogen-bond donors (Lipinski definition) is 3. The lowest BCUT2D eigenvalue weighted by Crippen LogP contribution is -2.02. The molecule has 1 rings (SSSR count). The standard InChI is InChI=1S/C10H16N2O2/c1-2-8-7(3-4-10(13)14)6-12-9(8)5-11/h6,12H,2-5,11H2,1H3,(H,13,14). The van der Waals surface area contributed by atoms with Crippen LogP contribution in [0.1, 0.15) is 30.2 Å². The van der Waals surface area contributed by atoms with E-state index >= 15 is 0 Å². The summed E-state index contributed by atoms with van der Waals surface area (Å²) in [5.74, 6) is -0.762. The Morgan fingerprint density at radius 2 is 2.36 bits per heavy atom. The third kappa shape index (κ3) is 2.35. The average Bonchev–Trinajstić information content (AvgIpc) is 2.56. The van der Waals surface area contributed by atoms with Crippen LogP contribution in [0.15, 0.2) is 6.20 Å². The minimum absolute atomic E-state index is 0.175. The Kier molecular flexibility index (Phi) is 3.71. The maximum Gasteiger partial charge on any atom is 0.303 e. The van der Waals surface area contributed by atoms with Gasteiger partial charge in [0.2, 0.25) is 0 Å². The molecule has 0 saturated heterocycles. The second-order valence-corrected chi connectivity index (χ2v) is 3.22. The number of aromatic amines is 1. The van der Waals surface area contributed by atoms with Crippen molar-refractivity contribution in [2.45, 2.75) is 32.7 Å². The van der Waals surface area contributed by atoms with Crippen LogP contribution in [0.3, 0.4) is 0 Å². The Morgan fingerprint density at radius 1 is 1.64 bits per heavy atom. The molecule has 0 fully saturated rings. The smallest absolute Gasteiger partial charge is 0.303 e. The number of aromatic nitrogens is 1. The largest absolute Gasteiger partial charge is 0.481 e. The quantitative estimate of drug-likeness (QED) is 0.658. The Hall–Kier alpha value is -1.29. The van der Waals surface area contributed by atoms with Gasteiger partial charge in [-0.3, -0.25) is 4.79 Å². The highest BCUT2D eigenvalue weighted by molar-refractivity contribution is 5.67. The number of aliphatic carboxylic acids is 1. The van der Waals surface area contributed by atoms with Gasteiger partial charge >= 0.3 is 5.97 Å². The summed E-state index contributed by atoms with van der Waals surface area (Å²) in [5, 5.41) is 8.57. The highest BCUT2D eigenvalue weighted by Crippen LogP contribution is 2.16. The minimum atomic E-state index is -0.762. The summed E-state index contributed by atoms with van der Waals surface area (Å²) in [4.78, 5) is 13.5. The van der Waals surface area contributed by atoms with Crippen molar-refractivity contribution in [3.05, 3.63) is 23.0 Å². The van der Waals surface area contributed by atoms with Gasteiger partial charge in [-0.25, -0.2) is 0 Å². The predicted octanol–water partition coefficient (Wildman–Crippen LogP) is 1.05. The molecule has 0 aliphatic heterocycles. The molecule has 0 atom stereocenters. The molecule has 0 saturated carbocycles. The topological polar surface area (TPSA) is 79.1 Å². The molecule has 0 aliphatic rings. The fourth-order valence-electron chi connectivity index (χ4n) is 1.63. The molecule has 78 valence electrons. The molecule has 0 bridgehead atoms. The zero-order valence-corrected chi connectivity index (χ0v) is 8.34. The molecule has 0 aromatic carbocycles. The van der Waals surface area contributed by atoms with Crippen molar-refractivity contribution in [2.24, 2.45) is 5.73 Å². The van der Waals surface area contributed by atoms with Gasteiger partial charge in [0, 0.05) is 24.9 Å². The number of hydrogen-bond acceptors (Lipinski definition) is 2. The third-order valence-electron chi connectivity index (χ3n) is 2.34. The molecule has 4 N–H and O–H groups in total. The van der Waals surface area contributed by atoms with E-state index in [1.165, 1.54) is 5.56 Å². The first-order valence-electron chi connectivity index (χ1n) is 4.78. The lowest BCUT2D eigenvalue weighted by molar-refractivity contribution is -0.136. The molecule has 4 heteroatoms. The van der Waals surface area contributed by atoms with Gasteiger partial charge in [-0.15, -0.1) is 0 Å². The maximum absolute atomic E-state index is 10.4. The lowest BCUT2D eigenvalue weighted by Gasteiger charge is -2.01. The van der Waals surface area contributed by atoms with Gasteiger partial charge in [-0.05, 0) is 24.0 Å². The van der Waals surface area contributed by atoms with E-state index < -0.39 is 5.97 Å². The molecule has 1 heterocycles. The second-order valence-electron chi connectivity index (χ2n) is 3.22. The summed E-state index contributed by atoms with van der Waals surface area (Å²) in [6.07, 6.45) is 3.51. The van der Waals surface area contributed by atoms with Crippen LogP contribution < -0.4 is 5.73 Å². The van der Waals surface area contributed by atoms with E-state index in [-0.39, 0.29) is 6.42 Å². The van der Waals surface area contributed by atoms with Gasteiger partial charge in [0.1, 0.15) is 0 Å². The Balaban J connectivity index is 2.75. The van der Waals surface area contributed by atoms with Gasteiger partial charge < -0.3 is 15.8 Å². The number of carboxylic acid groups (broad SMARTS) is 1. The van der Waals surface area contributed by atoms with Crippen LogP contribution in [-0.2, 0) is 24.2 Å². The fraction of sp³-hybridized carbons (Fsp3) is 0.500. The molecule has 0 spiro atoms. The summed E-state index contributed by atoms with van der Waals surface area (Å²) in [6.45, 7) is 2.53. The van der Waals surface area contributed by atoms with Gasteiger partial charge in [0.05, 0.1) is 0 Å². The molecular weight excluding hydrogens is 180 g/mol. The first-order chi connectivity index (χ1) is 6.69.